The van der Waals surface area contributed by atoms with Crippen molar-refractivity contribution in [3.05, 3.63) is 52.5 Å². The van der Waals surface area contributed by atoms with Gasteiger partial charge in [-0.3, -0.25) is 0 Å². The summed E-state index contributed by atoms with van der Waals surface area (Å²) in [6.07, 6.45) is 1.73. The van der Waals surface area contributed by atoms with Gasteiger partial charge in [0.25, 0.3) is 0 Å². The number of rotatable bonds is 2. The van der Waals surface area contributed by atoms with Crippen LogP contribution in [-0.4, -0.2) is 9.97 Å². The molecule has 0 fully saturated rings. The maximum atomic E-state index is 8.30. The SMILES string of the molecule is [N-]=[N+]=NCc1cnc2[nH]c3ccccc3c2c1. The average molecular weight is 223 g/mol. The first-order valence-corrected chi connectivity index (χ1v) is 5.24. The van der Waals surface area contributed by atoms with Crippen molar-refractivity contribution < 1.29 is 0 Å². The summed E-state index contributed by atoms with van der Waals surface area (Å²) in [6.45, 7) is 0.332. The summed E-state index contributed by atoms with van der Waals surface area (Å²) in [5, 5.41) is 5.74. The highest BCUT2D eigenvalue weighted by atomic mass is 15.1. The Kier molecular flexibility index (Phi) is 2.17. The normalized spacial score (nSPS) is 10.6. The van der Waals surface area contributed by atoms with Crippen LogP contribution in [0.25, 0.3) is 32.4 Å². The number of nitrogens with zero attached hydrogens (tertiary/aromatic N) is 4. The molecule has 0 amide bonds. The van der Waals surface area contributed by atoms with Gasteiger partial charge in [0, 0.05) is 27.4 Å². The van der Waals surface area contributed by atoms with E-state index in [9.17, 15) is 0 Å². The molecule has 1 aromatic carbocycles. The highest BCUT2D eigenvalue weighted by Crippen LogP contribution is 2.24. The van der Waals surface area contributed by atoms with E-state index in [-0.39, 0.29) is 0 Å². The Morgan fingerprint density at radius 2 is 2.18 bits per heavy atom. The van der Waals surface area contributed by atoms with Crippen LogP contribution in [0, 0.1) is 0 Å². The van der Waals surface area contributed by atoms with E-state index in [2.05, 4.69) is 20.0 Å². The number of azide groups is 1. The number of nitrogens with one attached hydrogen (secondary N) is 1. The lowest BCUT2D eigenvalue weighted by atomic mass is 10.1. The zero-order chi connectivity index (χ0) is 11.7. The zero-order valence-electron chi connectivity index (χ0n) is 8.96. The van der Waals surface area contributed by atoms with E-state index in [1.165, 1.54) is 0 Å². The van der Waals surface area contributed by atoms with Crippen LogP contribution < -0.4 is 0 Å². The molecule has 3 rings (SSSR count). The molecule has 2 aromatic heterocycles. The molecule has 0 spiro atoms. The van der Waals surface area contributed by atoms with E-state index in [0.29, 0.717) is 6.54 Å². The number of hydrogen-bond acceptors (Lipinski definition) is 2. The van der Waals surface area contributed by atoms with Gasteiger partial charge in [-0.15, -0.1) is 0 Å². The van der Waals surface area contributed by atoms with Crippen molar-refractivity contribution in [1.82, 2.24) is 9.97 Å². The lowest BCUT2D eigenvalue weighted by Gasteiger charge is -1.95. The van der Waals surface area contributed by atoms with Gasteiger partial charge >= 0.3 is 0 Å². The first kappa shape index (κ1) is 9.69. The van der Waals surface area contributed by atoms with E-state index < -0.39 is 0 Å². The number of aromatic amines is 1. The lowest BCUT2D eigenvalue weighted by molar-refractivity contribution is 1.04. The van der Waals surface area contributed by atoms with E-state index in [4.69, 9.17) is 5.53 Å². The maximum Gasteiger partial charge on any atom is 0.138 e. The van der Waals surface area contributed by atoms with E-state index >= 15 is 0 Å². The predicted molar refractivity (Wildman–Crippen MR) is 66.4 cm³/mol. The van der Waals surface area contributed by atoms with E-state index in [0.717, 1.165) is 27.5 Å². The largest absolute Gasteiger partial charge is 0.339 e. The van der Waals surface area contributed by atoms with Crippen molar-refractivity contribution >= 4 is 21.9 Å². The fourth-order valence-electron chi connectivity index (χ4n) is 1.97. The minimum absolute atomic E-state index is 0.332. The van der Waals surface area contributed by atoms with Crippen LogP contribution in [0.2, 0.25) is 0 Å². The maximum absolute atomic E-state index is 8.30. The smallest absolute Gasteiger partial charge is 0.138 e. The third-order valence-electron chi connectivity index (χ3n) is 2.73. The molecule has 82 valence electrons. The second-order valence-electron chi connectivity index (χ2n) is 3.80. The zero-order valence-corrected chi connectivity index (χ0v) is 8.96. The Labute approximate surface area is 96.7 Å². The van der Waals surface area contributed by atoms with Gasteiger partial charge < -0.3 is 4.98 Å². The molecule has 0 unspecified atom stereocenters. The summed E-state index contributed by atoms with van der Waals surface area (Å²) in [7, 11) is 0. The molecule has 5 nitrogen and oxygen atoms in total. The van der Waals surface area contributed by atoms with E-state index in [1.54, 1.807) is 6.20 Å². The van der Waals surface area contributed by atoms with Crippen molar-refractivity contribution in [3.8, 4) is 0 Å². The number of aromatic nitrogens is 2. The third-order valence-corrected chi connectivity index (χ3v) is 2.73. The molecule has 0 aliphatic carbocycles. The van der Waals surface area contributed by atoms with Gasteiger partial charge in [0.15, 0.2) is 0 Å². The molecule has 17 heavy (non-hydrogen) atoms. The number of H-pyrrole nitrogens is 1. The molecule has 0 bridgehead atoms. The van der Waals surface area contributed by atoms with Gasteiger partial charge in [-0.05, 0) is 23.2 Å². The third kappa shape index (κ3) is 1.58. The van der Waals surface area contributed by atoms with Crippen LogP contribution >= 0.6 is 0 Å². The number of benzene rings is 1. The first-order valence-electron chi connectivity index (χ1n) is 5.24. The molecule has 0 aliphatic rings. The van der Waals surface area contributed by atoms with Crippen molar-refractivity contribution in [3.63, 3.8) is 0 Å². The molecule has 3 aromatic rings. The van der Waals surface area contributed by atoms with Gasteiger partial charge in [0.05, 0.1) is 6.54 Å². The number of hydrogen-bond donors (Lipinski definition) is 1. The molecule has 0 saturated carbocycles. The minimum Gasteiger partial charge on any atom is -0.339 e. The van der Waals surface area contributed by atoms with Gasteiger partial charge in [-0.25, -0.2) is 4.98 Å². The number of para-hydroxylation sites is 1. The highest BCUT2D eigenvalue weighted by Gasteiger charge is 2.04. The van der Waals surface area contributed by atoms with Crippen LogP contribution in [0.3, 0.4) is 0 Å². The summed E-state index contributed by atoms with van der Waals surface area (Å²) in [5.41, 5.74) is 11.1. The highest BCUT2D eigenvalue weighted by molar-refractivity contribution is 6.05. The Bertz CT molecular complexity index is 737. The fraction of sp³-hybridized carbons (Fsp3) is 0.0833. The Hall–Kier alpha value is -2.52. The standard InChI is InChI=1S/C12H9N5/c13-17-15-7-8-5-10-9-3-1-2-4-11(9)16-12(10)14-6-8/h1-6H,7H2,(H,14,16). The summed E-state index contributed by atoms with van der Waals surface area (Å²) >= 11 is 0. The van der Waals surface area contributed by atoms with Crippen LogP contribution in [0.5, 0.6) is 0 Å². The van der Waals surface area contributed by atoms with Gasteiger partial charge in [-0.2, -0.15) is 0 Å². The summed E-state index contributed by atoms with van der Waals surface area (Å²) in [6, 6.07) is 10.1. The average Bonchev–Trinajstić information content (AvgIpc) is 2.74. The fourth-order valence-corrected chi connectivity index (χ4v) is 1.97. The molecular formula is C12H9N5. The number of pyridine rings is 1. The number of fused-ring (bicyclic) bond motifs is 3. The minimum atomic E-state index is 0.332. The first-order chi connectivity index (χ1) is 8.38. The van der Waals surface area contributed by atoms with Crippen molar-refractivity contribution in [2.75, 3.05) is 0 Å². The van der Waals surface area contributed by atoms with Crippen molar-refractivity contribution in [1.29, 1.82) is 0 Å². The molecule has 0 atom stereocenters. The quantitative estimate of drug-likeness (QED) is 0.402. The second kappa shape index (κ2) is 3.81. The Balaban J connectivity index is 2.26. The molecule has 0 saturated heterocycles. The van der Waals surface area contributed by atoms with Gasteiger partial charge in [-0.1, -0.05) is 23.3 Å². The molecule has 2 heterocycles. The monoisotopic (exact) mass is 223 g/mol. The lowest BCUT2D eigenvalue weighted by Crippen LogP contribution is -1.83. The van der Waals surface area contributed by atoms with Gasteiger partial charge in [0.2, 0.25) is 0 Å². The topological polar surface area (TPSA) is 77.4 Å². The summed E-state index contributed by atoms with van der Waals surface area (Å²) < 4.78 is 0. The van der Waals surface area contributed by atoms with Gasteiger partial charge in [0.1, 0.15) is 5.65 Å². The molecule has 0 radical (unpaired) electrons. The van der Waals surface area contributed by atoms with Crippen LogP contribution in [0.1, 0.15) is 5.56 Å². The van der Waals surface area contributed by atoms with Crippen molar-refractivity contribution in [2.45, 2.75) is 6.54 Å². The van der Waals surface area contributed by atoms with E-state index in [1.807, 2.05) is 30.3 Å². The van der Waals surface area contributed by atoms with Crippen LogP contribution in [-0.2, 0) is 6.54 Å². The summed E-state index contributed by atoms with van der Waals surface area (Å²) in [5.74, 6) is 0. The van der Waals surface area contributed by atoms with Crippen LogP contribution in [0.4, 0.5) is 0 Å². The predicted octanol–water partition coefficient (Wildman–Crippen LogP) is 3.53. The Morgan fingerprint density at radius 1 is 1.29 bits per heavy atom. The Morgan fingerprint density at radius 3 is 3.06 bits per heavy atom. The van der Waals surface area contributed by atoms with Crippen molar-refractivity contribution in [2.24, 2.45) is 5.11 Å². The summed E-state index contributed by atoms with van der Waals surface area (Å²) in [4.78, 5) is 10.3. The molecule has 5 heteroatoms. The second-order valence-corrected chi connectivity index (χ2v) is 3.80. The molecule has 0 aliphatic heterocycles. The molecule has 1 N–H and O–H groups in total. The van der Waals surface area contributed by atoms with Crippen LogP contribution in [0.15, 0.2) is 41.6 Å². The molecular weight excluding hydrogens is 214 g/mol.